The van der Waals surface area contributed by atoms with Gasteiger partial charge in [-0.2, -0.15) is 0 Å². The third-order valence-electron chi connectivity index (χ3n) is 6.64. The van der Waals surface area contributed by atoms with Gasteiger partial charge in [0.2, 0.25) is 0 Å². The fourth-order valence-corrected chi connectivity index (χ4v) is 4.88. The molecule has 6 heteroatoms. The zero-order valence-electron chi connectivity index (χ0n) is 18.9. The van der Waals surface area contributed by atoms with Crippen LogP contribution in [0.4, 0.5) is 0 Å². The Hall–Kier alpha value is -2.70. The van der Waals surface area contributed by atoms with Crippen LogP contribution in [0.1, 0.15) is 35.8 Å². The lowest BCUT2D eigenvalue weighted by atomic mass is 9.88. The average Bonchev–Trinajstić information content (AvgIpc) is 2.82. The quantitative estimate of drug-likeness (QED) is 0.542. The van der Waals surface area contributed by atoms with E-state index in [1.807, 2.05) is 60.7 Å². The Bertz CT molecular complexity index is 829. The summed E-state index contributed by atoms with van der Waals surface area (Å²) in [6.07, 6.45) is 0.707. The van der Waals surface area contributed by atoms with Crippen LogP contribution >= 0.6 is 0 Å². The molecule has 2 aromatic rings. The number of nitrogens with zero attached hydrogens (tertiary/aromatic N) is 2. The Morgan fingerprint density at radius 1 is 0.688 bits per heavy atom. The predicted octanol–water partition coefficient (Wildman–Crippen LogP) is 3.05. The van der Waals surface area contributed by atoms with E-state index >= 15 is 0 Å². The van der Waals surface area contributed by atoms with E-state index in [0.717, 1.165) is 37.3 Å². The lowest BCUT2D eigenvalue weighted by Crippen LogP contribution is -2.45. The van der Waals surface area contributed by atoms with Crippen molar-refractivity contribution in [3.05, 3.63) is 71.8 Å². The van der Waals surface area contributed by atoms with Crippen LogP contribution in [0.5, 0.6) is 0 Å². The van der Waals surface area contributed by atoms with Crippen molar-refractivity contribution >= 4 is 11.9 Å². The standard InChI is InChI=1S/C26H32N2O4/c1-27-15-13-23(21(17-27)19-9-5-3-6-10-19)31-25(29)26(30)32-24-14-16-28(2)18-22(24)20-11-7-4-8-12-20/h3-12,21-24H,13-18H2,1-2H3. The Morgan fingerprint density at radius 3 is 1.44 bits per heavy atom. The van der Waals surface area contributed by atoms with Crippen molar-refractivity contribution in [1.29, 1.82) is 0 Å². The van der Waals surface area contributed by atoms with E-state index in [1.54, 1.807) is 0 Å². The molecule has 2 fully saturated rings. The maximum Gasteiger partial charge on any atom is 0.417 e. The number of hydrogen-bond donors (Lipinski definition) is 0. The van der Waals surface area contributed by atoms with Gasteiger partial charge in [0.1, 0.15) is 12.2 Å². The van der Waals surface area contributed by atoms with Crippen molar-refractivity contribution in [2.45, 2.75) is 36.9 Å². The molecule has 170 valence electrons. The first-order chi connectivity index (χ1) is 15.5. The van der Waals surface area contributed by atoms with E-state index in [2.05, 4.69) is 23.9 Å². The minimum atomic E-state index is -0.883. The molecule has 2 saturated heterocycles. The van der Waals surface area contributed by atoms with Crippen LogP contribution in [-0.2, 0) is 19.1 Å². The van der Waals surface area contributed by atoms with Crippen LogP contribution < -0.4 is 0 Å². The first-order valence-electron chi connectivity index (χ1n) is 11.4. The third kappa shape index (κ3) is 5.37. The molecule has 0 amide bonds. The predicted molar refractivity (Wildman–Crippen MR) is 122 cm³/mol. The molecule has 4 rings (SSSR count). The lowest BCUT2D eigenvalue weighted by Gasteiger charge is -2.37. The number of hydrogen-bond acceptors (Lipinski definition) is 6. The highest BCUT2D eigenvalue weighted by atomic mass is 16.6. The molecule has 6 nitrogen and oxygen atoms in total. The molecule has 0 spiro atoms. The second kappa shape index (κ2) is 10.3. The summed E-state index contributed by atoms with van der Waals surface area (Å²) in [5, 5.41) is 0. The molecule has 2 aliphatic rings. The summed E-state index contributed by atoms with van der Waals surface area (Å²) in [6, 6.07) is 20.1. The van der Waals surface area contributed by atoms with E-state index in [-0.39, 0.29) is 24.0 Å². The summed E-state index contributed by atoms with van der Waals surface area (Å²) in [6.45, 7) is 3.20. The minimum Gasteiger partial charge on any atom is -0.453 e. The molecule has 0 N–H and O–H groups in total. The molecule has 0 radical (unpaired) electrons. The van der Waals surface area contributed by atoms with Crippen LogP contribution in [0.3, 0.4) is 0 Å². The number of benzene rings is 2. The minimum absolute atomic E-state index is 0.0343. The Kier molecular flexibility index (Phi) is 7.22. The van der Waals surface area contributed by atoms with Gasteiger partial charge in [0.25, 0.3) is 0 Å². The molecule has 2 aliphatic heterocycles. The Labute approximate surface area is 190 Å². The average molecular weight is 437 g/mol. The van der Waals surface area contributed by atoms with E-state index < -0.39 is 11.9 Å². The van der Waals surface area contributed by atoms with Crippen LogP contribution in [0.15, 0.2) is 60.7 Å². The molecule has 0 aromatic heterocycles. The van der Waals surface area contributed by atoms with Crippen molar-refractivity contribution in [3.63, 3.8) is 0 Å². The highest BCUT2D eigenvalue weighted by Crippen LogP contribution is 2.31. The number of likely N-dealkylation sites (tertiary alicyclic amines) is 2. The van der Waals surface area contributed by atoms with E-state index in [4.69, 9.17) is 9.47 Å². The Balaban J connectivity index is 1.42. The maximum atomic E-state index is 12.7. The number of likely N-dealkylation sites (N-methyl/N-ethyl adjacent to an activating group) is 2. The van der Waals surface area contributed by atoms with Crippen LogP contribution in [0, 0.1) is 0 Å². The maximum absolute atomic E-state index is 12.7. The molecular formula is C26H32N2O4. The van der Waals surface area contributed by atoms with Crippen LogP contribution in [-0.4, -0.2) is 74.2 Å². The van der Waals surface area contributed by atoms with Gasteiger partial charge in [-0.3, -0.25) is 0 Å². The highest BCUT2D eigenvalue weighted by Gasteiger charge is 2.37. The molecule has 2 heterocycles. The zero-order chi connectivity index (χ0) is 22.5. The molecule has 0 saturated carbocycles. The fraction of sp³-hybridized carbons (Fsp3) is 0.462. The molecule has 0 bridgehead atoms. The summed E-state index contributed by atoms with van der Waals surface area (Å²) in [5.41, 5.74) is 2.23. The number of ether oxygens (including phenoxy) is 2. The van der Waals surface area contributed by atoms with E-state index in [1.165, 1.54) is 0 Å². The number of carbonyl (C=O) groups is 2. The third-order valence-corrected chi connectivity index (χ3v) is 6.64. The van der Waals surface area contributed by atoms with Gasteiger partial charge in [-0.15, -0.1) is 0 Å². The molecular weight excluding hydrogens is 404 g/mol. The molecule has 32 heavy (non-hydrogen) atoms. The monoisotopic (exact) mass is 436 g/mol. The summed E-state index contributed by atoms with van der Waals surface area (Å²) in [7, 11) is 4.12. The van der Waals surface area contributed by atoms with Gasteiger partial charge < -0.3 is 19.3 Å². The molecule has 2 aromatic carbocycles. The number of piperidine rings is 2. The summed E-state index contributed by atoms with van der Waals surface area (Å²) < 4.78 is 11.4. The summed E-state index contributed by atoms with van der Waals surface area (Å²) in [5.74, 6) is -1.70. The zero-order valence-corrected chi connectivity index (χ0v) is 18.9. The lowest BCUT2D eigenvalue weighted by molar-refractivity contribution is -0.177. The van der Waals surface area contributed by atoms with Crippen molar-refractivity contribution < 1.29 is 19.1 Å². The van der Waals surface area contributed by atoms with Crippen LogP contribution in [0.25, 0.3) is 0 Å². The number of rotatable bonds is 4. The fourth-order valence-electron chi connectivity index (χ4n) is 4.88. The Morgan fingerprint density at radius 2 is 1.06 bits per heavy atom. The molecule has 0 aliphatic carbocycles. The van der Waals surface area contributed by atoms with E-state index in [0.29, 0.717) is 12.8 Å². The van der Waals surface area contributed by atoms with Crippen molar-refractivity contribution in [1.82, 2.24) is 9.80 Å². The van der Waals surface area contributed by atoms with Gasteiger partial charge in [0.05, 0.1) is 0 Å². The summed E-state index contributed by atoms with van der Waals surface area (Å²) in [4.78, 5) is 29.9. The number of esters is 2. The second-order valence-electron chi connectivity index (χ2n) is 9.02. The first-order valence-corrected chi connectivity index (χ1v) is 11.4. The smallest absolute Gasteiger partial charge is 0.417 e. The molecule has 4 atom stereocenters. The topological polar surface area (TPSA) is 59.1 Å². The number of carbonyl (C=O) groups excluding carboxylic acids is 2. The van der Waals surface area contributed by atoms with Crippen molar-refractivity contribution in [2.75, 3.05) is 40.3 Å². The normalized spacial score (nSPS) is 26.9. The second-order valence-corrected chi connectivity index (χ2v) is 9.02. The van der Waals surface area contributed by atoms with Gasteiger partial charge in [0, 0.05) is 38.0 Å². The van der Waals surface area contributed by atoms with Gasteiger partial charge in [0.15, 0.2) is 0 Å². The van der Waals surface area contributed by atoms with Gasteiger partial charge >= 0.3 is 11.9 Å². The van der Waals surface area contributed by atoms with Gasteiger partial charge in [-0.25, -0.2) is 9.59 Å². The summed E-state index contributed by atoms with van der Waals surface area (Å²) >= 11 is 0. The van der Waals surface area contributed by atoms with Crippen LogP contribution in [0.2, 0.25) is 0 Å². The highest BCUT2D eigenvalue weighted by molar-refractivity contribution is 6.29. The van der Waals surface area contributed by atoms with Crippen molar-refractivity contribution in [3.8, 4) is 0 Å². The van der Waals surface area contributed by atoms with Gasteiger partial charge in [-0.05, 0) is 38.1 Å². The van der Waals surface area contributed by atoms with Gasteiger partial charge in [-0.1, -0.05) is 60.7 Å². The largest absolute Gasteiger partial charge is 0.453 e. The first kappa shape index (κ1) is 22.5. The van der Waals surface area contributed by atoms with E-state index in [9.17, 15) is 9.59 Å². The van der Waals surface area contributed by atoms with Crippen molar-refractivity contribution in [2.24, 2.45) is 0 Å². The molecule has 4 unspecified atom stereocenters. The SMILES string of the molecule is CN1CCC(OC(=O)C(=O)OC2CCN(C)CC2c2ccccc2)C(c2ccccc2)C1.